The van der Waals surface area contributed by atoms with E-state index in [-0.39, 0.29) is 11.1 Å². The minimum absolute atomic E-state index is 0.0976. The summed E-state index contributed by atoms with van der Waals surface area (Å²) in [5.74, 6) is -0.314. The molecule has 3 N–H and O–H groups in total. The van der Waals surface area contributed by atoms with E-state index < -0.39 is 11.9 Å². The topological polar surface area (TPSA) is 121 Å². The van der Waals surface area contributed by atoms with Gasteiger partial charge in [0.15, 0.2) is 11.5 Å². The van der Waals surface area contributed by atoms with E-state index in [0.29, 0.717) is 30.2 Å². The highest BCUT2D eigenvalue weighted by Gasteiger charge is 2.09. The minimum atomic E-state index is -1.03. The van der Waals surface area contributed by atoms with Crippen LogP contribution in [0.1, 0.15) is 15.9 Å². The molecule has 1 amide bonds. The molecule has 0 aliphatic heterocycles. The van der Waals surface area contributed by atoms with Crippen LogP contribution in [0, 0.1) is 11.3 Å². The predicted molar refractivity (Wildman–Crippen MR) is 107 cm³/mol. The van der Waals surface area contributed by atoms with Crippen LogP contribution in [0.5, 0.6) is 11.5 Å². The number of carboxylic acids is 1. The smallest absolute Gasteiger partial charge is 0.335 e. The fourth-order valence-corrected chi connectivity index (χ4v) is 2.46. The Morgan fingerprint density at radius 1 is 1.10 bits per heavy atom. The van der Waals surface area contributed by atoms with Crippen LogP contribution in [0.15, 0.2) is 54.2 Å². The van der Waals surface area contributed by atoms with Crippen LogP contribution in [-0.2, 0) is 11.2 Å². The Morgan fingerprint density at radius 3 is 2.38 bits per heavy atom. The molecule has 0 spiro atoms. The molecule has 2 aromatic carbocycles. The summed E-state index contributed by atoms with van der Waals surface area (Å²) in [6.07, 6.45) is 1.83. The van der Waals surface area contributed by atoms with Gasteiger partial charge in [0.25, 0.3) is 5.91 Å². The third-order valence-corrected chi connectivity index (χ3v) is 4.03. The number of hydrogen-bond acceptors (Lipinski definition) is 6. The average Bonchev–Trinajstić information content (AvgIpc) is 2.74. The van der Waals surface area contributed by atoms with E-state index in [1.807, 2.05) is 18.2 Å². The van der Waals surface area contributed by atoms with Gasteiger partial charge >= 0.3 is 5.97 Å². The standard InChI is InChI=1S/C21H21N3O5/c1-28-18-8-3-14(11-19(18)29-2)9-10-23-20(25)16(12-22)13-24-17-6-4-15(5-7-17)21(26)27/h3-8,11,13,24H,9-10H2,1-2H3,(H,23,25)(H,26,27)/b16-13-. The van der Waals surface area contributed by atoms with Crippen molar-refractivity contribution >= 4 is 17.6 Å². The summed E-state index contributed by atoms with van der Waals surface area (Å²) in [4.78, 5) is 23.0. The lowest BCUT2D eigenvalue weighted by atomic mass is 10.1. The largest absolute Gasteiger partial charge is 0.493 e. The molecule has 8 heteroatoms. The zero-order valence-electron chi connectivity index (χ0n) is 16.1. The van der Waals surface area contributed by atoms with E-state index in [1.54, 1.807) is 32.4 Å². The van der Waals surface area contributed by atoms with E-state index in [9.17, 15) is 14.9 Å². The number of nitrogens with one attached hydrogen (secondary N) is 2. The Bertz CT molecular complexity index is 946. The molecule has 0 unspecified atom stereocenters. The fourth-order valence-electron chi connectivity index (χ4n) is 2.46. The van der Waals surface area contributed by atoms with Crippen molar-refractivity contribution in [2.45, 2.75) is 6.42 Å². The molecule has 0 aliphatic carbocycles. The van der Waals surface area contributed by atoms with Crippen molar-refractivity contribution in [1.82, 2.24) is 5.32 Å². The first kappa shape index (κ1) is 21.3. The number of carboxylic acid groups (broad SMARTS) is 1. The van der Waals surface area contributed by atoms with Gasteiger partial charge in [-0.1, -0.05) is 6.07 Å². The molecule has 0 heterocycles. The van der Waals surface area contributed by atoms with Crippen molar-refractivity contribution in [3.05, 3.63) is 65.4 Å². The first-order valence-electron chi connectivity index (χ1n) is 8.67. The average molecular weight is 395 g/mol. The molecule has 8 nitrogen and oxygen atoms in total. The number of benzene rings is 2. The highest BCUT2D eigenvalue weighted by Crippen LogP contribution is 2.27. The molecule has 0 saturated heterocycles. The van der Waals surface area contributed by atoms with Gasteiger partial charge in [-0.3, -0.25) is 4.79 Å². The Kier molecular flexibility index (Phi) is 7.62. The summed E-state index contributed by atoms with van der Waals surface area (Å²) in [7, 11) is 3.11. The summed E-state index contributed by atoms with van der Waals surface area (Å²) >= 11 is 0. The van der Waals surface area contributed by atoms with Gasteiger partial charge in [0.1, 0.15) is 11.6 Å². The summed E-state index contributed by atoms with van der Waals surface area (Å²) in [5, 5.41) is 23.6. The molecule has 0 fully saturated rings. The van der Waals surface area contributed by atoms with E-state index in [0.717, 1.165) is 5.56 Å². The highest BCUT2D eigenvalue weighted by atomic mass is 16.5. The quantitative estimate of drug-likeness (QED) is 0.441. The lowest BCUT2D eigenvalue weighted by Crippen LogP contribution is -2.27. The van der Waals surface area contributed by atoms with Crippen molar-refractivity contribution in [3.8, 4) is 17.6 Å². The molecule has 0 saturated carbocycles. The van der Waals surface area contributed by atoms with E-state index in [1.165, 1.54) is 18.3 Å². The predicted octanol–water partition coefficient (Wildman–Crippen LogP) is 2.58. The molecule has 0 radical (unpaired) electrons. The highest BCUT2D eigenvalue weighted by molar-refractivity contribution is 5.97. The number of hydrogen-bond donors (Lipinski definition) is 3. The zero-order chi connectivity index (χ0) is 21.2. The molecule has 2 rings (SSSR count). The molecule has 29 heavy (non-hydrogen) atoms. The number of carbonyl (C=O) groups is 2. The maximum absolute atomic E-state index is 12.2. The van der Waals surface area contributed by atoms with Crippen molar-refractivity contribution in [2.75, 3.05) is 26.1 Å². The van der Waals surface area contributed by atoms with Gasteiger partial charge in [-0.05, 0) is 48.4 Å². The fraction of sp³-hybridized carbons (Fsp3) is 0.190. The third kappa shape index (κ3) is 6.01. The summed E-state index contributed by atoms with van der Waals surface area (Å²) in [6.45, 7) is 0.334. The summed E-state index contributed by atoms with van der Waals surface area (Å²) < 4.78 is 10.4. The van der Waals surface area contributed by atoms with E-state index in [2.05, 4.69) is 10.6 Å². The number of anilines is 1. The number of nitrogens with zero attached hydrogens (tertiary/aromatic N) is 1. The van der Waals surface area contributed by atoms with Crippen LogP contribution < -0.4 is 20.1 Å². The van der Waals surface area contributed by atoms with E-state index >= 15 is 0 Å². The number of rotatable bonds is 9. The van der Waals surface area contributed by atoms with Gasteiger partial charge < -0.3 is 25.2 Å². The van der Waals surface area contributed by atoms with Crippen LogP contribution in [0.4, 0.5) is 5.69 Å². The van der Waals surface area contributed by atoms with Crippen LogP contribution in [0.25, 0.3) is 0 Å². The monoisotopic (exact) mass is 395 g/mol. The molecule has 0 aromatic heterocycles. The summed E-state index contributed by atoms with van der Waals surface area (Å²) in [6, 6.07) is 13.3. The van der Waals surface area contributed by atoms with Crippen molar-refractivity contribution in [2.24, 2.45) is 0 Å². The lowest BCUT2D eigenvalue weighted by molar-refractivity contribution is -0.117. The first-order chi connectivity index (χ1) is 14.0. The molecule has 150 valence electrons. The zero-order valence-corrected chi connectivity index (χ0v) is 16.1. The lowest BCUT2D eigenvalue weighted by Gasteiger charge is -2.10. The normalized spacial score (nSPS) is 10.6. The molecule has 0 aliphatic rings. The number of ether oxygens (including phenoxy) is 2. The van der Waals surface area contributed by atoms with Gasteiger partial charge in [-0.2, -0.15) is 5.26 Å². The second kappa shape index (κ2) is 10.4. The molecule has 0 atom stereocenters. The maximum Gasteiger partial charge on any atom is 0.335 e. The van der Waals surface area contributed by atoms with Gasteiger partial charge in [0.05, 0.1) is 19.8 Å². The van der Waals surface area contributed by atoms with Gasteiger partial charge in [0.2, 0.25) is 0 Å². The SMILES string of the molecule is COc1ccc(CCNC(=O)/C(C#N)=C\Nc2ccc(C(=O)O)cc2)cc1OC. The maximum atomic E-state index is 12.2. The number of carbonyl (C=O) groups excluding carboxylic acids is 1. The second-order valence-electron chi connectivity index (χ2n) is 5.89. The summed E-state index contributed by atoms with van der Waals surface area (Å²) in [5.41, 5.74) is 1.55. The number of aromatic carboxylic acids is 1. The van der Waals surface area contributed by atoms with Crippen LogP contribution in [0.2, 0.25) is 0 Å². The van der Waals surface area contributed by atoms with Gasteiger partial charge in [-0.25, -0.2) is 4.79 Å². The second-order valence-corrected chi connectivity index (χ2v) is 5.89. The number of methoxy groups -OCH3 is 2. The first-order valence-corrected chi connectivity index (χ1v) is 8.67. The van der Waals surface area contributed by atoms with Crippen molar-refractivity contribution in [1.29, 1.82) is 5.26 Å². The Balaban J connectivity index is 1.91. The van der Waals surface area contributed by atoms with Crippen LogP contribution >= 0.6 is 0 Å². The molecule has 2 aromatic rings. The molecule has 0 bridgehead atoms. The minimum Gasteiger partial charge on any atom is -0.493 e. The molecular weight excluding hydrogens is 374 g/mol. The Morgan fingerprint density at radius 2 is 1.79 bits per heavy atom. The third-order valence-electron chi connectivity index (χ3n) is 4.03. The van der Waals surface area contributed by atoms with Crippen LogP contribution in [0.3, 0.4) is 0 Å². The van der Waals surface area contributed by atoms with Gasteiger partial charge in [0, 0.05) is 18.4 Å². The molecular formula is C21H21N3O5. The van der Waals surface area contributed by atoms with Gasteiger partial charge in [-0.15, -0.1) is 0 Å². The number of nitriles is 1. The van der Waals surface area contributed by atoms with Crippen molar-refractivity contribution < 1.29 is 24.2 Å². The Hall–Kier alpha value is -3.99. The van der Waals surface area contributed by atoms with E-state index in [4.69, 9.17) is 14.6 Å². The Labute approximate surface area is 168 Å². The number of amides is 1. The van der Waals surface area contributed by atoms with Crippen LogP contribution in [-0.4, -0.2) is 37.7 Å². The van der Waals surface area contributed by atoms with Crippen molar-refractivity contribution in [3.63, 3.8) is 0 Å².